The number of hydrogen-bond acceptors (Lipinski definition) is 15. The quantitative estimate of drug-likeness (QED) is 0.0653. The number of aryl methyl sites for hydroxylation is 7. The predicted octanol–water partition coefficient (Wildman–Crippen LogP) is 15.3. The smallest absolute Gasteiger partial charge is 0.336 e. The van der Waals surface area contributed by atoms with Crippen molar-refractivity contribution in [3.05, 3.63) is 332 Å². The van der Waals surface area contributed by atoms with Crippen LogP contribution >= 0.6 is 0 Å². The summed E-state index contributed by atoms with van der Waals surface area (Å²) in [5.74, 6) is 5.35. The van der Waals surface area contributed by atoms with Gasteiger partial charge in [-0.3, -0.25) is 0 Å². The summed E-state index contributed by atoms with van der Waals surface area (Å²) in [7, 11) is -9.35. The van der Waals surface area contributed by atoms with Crippen LogP contribution in [0.25, 0.3) is 50.1 Å². The molecular formula is C115H109N7O12S2. The lowest BCUT2D eigenvalue weighted by molar-refractivity contribution is 0.0697. The summed E-state index contributed by atoms with van der Waals surface area (Å²) in [6.07, 6.45) is 26.1. The van der Waals surface area contributed by atoms with E-state index in [9.17, 15) is 35.8 Å². The second-order valence-electron chi connectivity index (χ2n) is 39.3. The van der Waals surface area contributed by atoms with E-state index in [1.54, 1.807) is 48.5 Å². The van der Waals surface area contributed by atoms with Crippen LogP contribution in [0.2, 0.25) is 0 Å². The van der Waals surface area contributed by atoms with E-state index >= 15 is 0 Å². The number of benzene rings is 12. The maximum absolute atomic E-state index is 12.5. The summed E-state index contributed by atoms with van der Waals surface area (Å²) in [5, 5.41) is 26.0. The number of nitrogens with one attached hydrogen (secondary N) is 1. The second kappa shape index (κ2) is 33.9. The van der Waals surface area contributed by atoms with E-state index in [4.69, 9.17) is 24.0 Å². The van der Waals surface area contributed by atoms with E-state index in [2.05, 4.69) is 95.2 Å². The number of carboxylic acid groups (broad SMARTS) is 1. The number of nitrogens with zero attached hydrogens (tertiary/aromatic N) is 6. The lowest BCUT2D eigenvalue weighted by atomic mass is 9.82. The number of fused-ring (bicyclic) bond motifs is 14. The van der Waals surface area contributed by atoms with Gasteiger partial charge in [-0.1, -0.05) is 97.1 Å². The third-order valence-electron chi connectivity index (χ3n) is 31.3. The highest BCUT2D eigenvalue weighted by Gasteiger charge is 2.42. The molecule has 0 radical (unpaired) electrons. The van der Waals surface area contributed by atoms with Gasteiger partial charge in [0.2, 0.25) is 16.1 Å². The summed E-state index contributed by atoms with van der Waals surface area (Å²) in [5.41, 5.74) is 33.1. The van der Waals surface area contributed by atoms with E-state index < -0.39 is 26.2 Å². The first-order valence-corrected chi connectivity index (χ1v) is 52.0. The first-order valence-electron chi connectivity index (χ1n) is 49.2. The van der Waals surface area contributed by atoms with Gasteiger partial charge in [-0.05, 0) is 229 Å². The Morgan fingerprint density at radius 2 is 0.735 bits per heavy atom. The maximum atomic E-state index is 12.5. The van der Waals surface area contributed by atoms with Gasteiger partial charge in [-0.25, -0.2) is 35.4 Å². The molecule has 21 heteroatoms. The molecule has 688 valence electrons. The second-order valence-corrected chi connectivity index (χ2v) is 42.0. The summed E-state index contributed by atoms with van der Waals surface area (Å²) in [6, 6.07) is 56.4. The zero-order valence-corrected chi connectivity index (χ0v) is 78.8. The van der Waals surface area contributed by atoms with Crippen molar-refractivity contribution < 1.29 is 54.5 Å². The van der Waals surface area contributed by atoms with Crippen LogP contribution in [0.3, 0.4) is 0 Å². The summed E-state index contributed by atoms with van der Waals surface area (Å²) in [4.78, 5) is 19.1. The lowest BCUT2D eigenvalue weighted by Gasteiger charge is -2.39. The molecule has 16 aliphatic heterocycles. The third-order valence-corrected chi connectivity index (χ3v) is 33.1. The fourth-order valence-corrected chi connectivity index (χ4v) is 27.4. The van der Waals surface area contributed by atoms with Crippen LogP contribution < -0.4 is 79.7 Å². The fourth-order valence-electron chi connectivity index (χ4n) is 26.0. The highest BCUT2D eigenvalue weighted by atomic mass is 32.2. The van der Waals surface area contributed by atoms with Crippen molar-refractivity contribution in [1.29, 1.82) is 5.41 Å². The molecule has 0 unspecified atom stereocenters. The molecule has 0 spiro atoms. The molecule has 28 rings (SSSR count). The Labute approximate surface area is 792 Å². The minimum atomic E-state index is -4.68. The molecule has 17 aliphatic rings. The maximum Gasteiger partial charge on any atom is 0.336 e. The third kappa shape index (κ3) is 14.3. The van der Waals surface area contributed by atoms with Gasteiger partial charge in [-0.15, -0.1) is 0 Å². The minimum Gasteiger partial charge on any atom is -0.744 e. The lowest BCUT2D eigenvalue weighted by Crippen LogP contribution is -2.45. The normalized spacial score (nSPS) is 17.7. The number of hydrogen-bond donors (Lipinski definition) is 2. The standard InChI is InChI=1S/2C31H30N2O4S.C31H31N2O.C21H15NO3.CH3/c2*34-38(35,36)26-12-2-1-9-21(26)27-24-17-19-7-3-13-32-15-5-10-22(28(19)32)30(24)37-31-23-11-6-16-33-14-4-8-20(29(23)33)18-25(27)31;1-2-8-20(9-3-1)27-25-18-21-10-4-14-32-16-6-12-23(28(21)32)30(25)34-31-24-13-7-17-33-15-5-11-22(29(24)33)19-26(27)31;1-12-6-8-16-18(10-12)25-19-11-13(22)7-9-17(19)20(16)14-4-2-3-5-15(14)21(23)24;/h2*1-2,9,12,17-18H,3-8,10-11,13-16H2;1-3,8-9,18-19H,4-7,10-17H2;2-11,22H,1H3,(H,23,24);1H3/q;;+1;;-1. The summed E-state index contributed by atoms with van der Waals surface area (Å²) in [6.45, 7) is 15.3. The monoisotopic (exact) mass is 1840 g/mol. The Morgan fingerprint density at radius 3 is 1.16 bits per heavy atom. The van der Waals surface area contributed by atoms with Gasteiger partial charge in [-0.2, -0.15) is 0 Å². The average molecular weight is 1850 g/mol. The summed E-state index contributed by atoms with van der Waals surface area (Å²) < 4.78 is 110. The van der Waals surface area contributed by atoms with Crippen molar-refractivity contribution in [2.75, 3.05) is 93.2 Å². The topological polar surface area (TPSA) is 235 Å². The van der Waals surface area contributed by atoms with Gasteiger partial charge >= 0.3 is 5.97 Å². The zero-order valence-electron chi connectivity index (χ0n) is 77.1. The molecule has 0 saturated heterocycles. The van der Waals surface area contributed by atoms with Crippen LogP contribution in [0.1, 0.15) is 193 Å². The van der Waals surface area contributed by atoms with E-state index in [1.807, 2.05) is 55.5 Å². The Hall–Kier alpha value is -12.8. The van der Waals surface area contributed by atoms with E-state index in [1.165, 1.54) is 199 Å². The molecule has 16 heterocycles. The molecule has 1 aliphatic carbocycles. The predicted molar refractivity (Wildman–Crippen MR) is 528 cm³/mol. The molecule has 0 aromatic heterocycles. The molecule has 0 bridgehead atoms. The largest absolute Gasteiger partial charge is 0.744 e. The van der Waals surface area contributed by atoms with Crippen molar-refractivity contribution in [2.24, 2.45) is 0 Å². The van der Waals surface area contributed by atoms with Crippen molar-refractivity contribution in [3.8, 4) is 56.9 Å². The van der Waals surface area contributed by atoms with Crippen molar-refractivity contribution in [3.63, 3.8) is 0 Å². The van der Waals surface area contributed by atoms with E-state index in [-0.39, 0.29) is 22.8 Å². The number of aromatic carboxylic acids is 1. The molecule has 0 fully saturated rings. The van der Waals surface area contributed by atoms with Crippen LogP contribution in [0, 0.1) is 19.8 Å². The van der Waals surface area contributed by atoms with Gasteiger partial charge in [0.25, 0.3) is 0 Å². The highest BCUT2D eigenvalue weighted by Crippen LogP contribution is 2.54. The Kier molecular flexibility index (Phi) is 21.4. The first kappa shape index (κ1) is 86.1. The van der Waals surface area contributed by atoms with Gasteiger partial charge in [0.1, 0.15) is 105 Å². The van der Waals surface area contributed by atoms with Gasteiger partial charge < -0.3 is 60.4 Å². The van der Waals surface area contributed by atoms with E-state index in [0.29, 0.717) is 33.4 Å². The van der Waals surface area contributed by atoms with Crippen molar-refractivity contribution >= 4 is 71.0 Å². The zero-order chi connectivity index (χ0) is 91.0. The first-order chi connectivity index (χ1) is 65.9. The molecule has 0 saturated carbocycles. The number of ether oxygens (including phenoxy) is 3. The van der Waals surface area contributed by atoms with Crippen LogP contribution in [0.5, 0.6) is 34.5 Å². The van der Waals surface area contributed by atoms with Crippen LogP contribution in [-0.2, 0) is 97.3 Å². The van der Waals surface area contributed by atoms with Crippen molar-refractivity contribution in [1.82, 2.24) is 13.7 Å². The number of rotatable bonds is 7. The molecule has 2 N–H and O–H groups in total. The summed E-state index contributed by atoms with van der Waals surface area (Å²) >= 11 is 0. The average Bonchev–Trinajstić information content (AvgIpc) is 0.706. The number of carbonyl (C=O) groups is 1. The van der Waals surface area contributed by atoms with Crippen molar-refractivity contribution in [2.45, 2.75) is 171 Å². The van der Waals surface area contributed by atoms with Gasteiger partial charge in [0, 0.05) is 211 Å². The molecule has 19 nitrogen and oxygen atoms in total. The Balaban J connectivity index is 0.000000100. The van der Waals surface area contributed by atoms with Crippen LogP contribution in [0.15, 0.2) is 190 Å². The van der Waals surface area contributed by atoms with Gasteiger partial charge in [0.15, 0.2) is 0 Å². The number of anilines is 3. The van der Waals surface area contributed by atoms with Crippen LogP contribution in [-0.4, -0.2) is 116 Å². The van der Waals surface area contributed by atoms with Crippen LogP contribution in [0.4, 0.5) is 17.1 Å². The fraction of sp³-hybridized carbons (Fsp3) is 0.322. The Morgan fingerprint density at radius 1 is 0.368 bits per heavy atom. The molecule has 11 aromatic carbocycles. The molecule has 11 aromatic rings. The number of carboxylic acids is 1. The SMILES string of the molecule is Cc1ccc2c(-c3ccccc3C(=O)O)c3ccc(=N)cc-3oc2c1.O=S(=O)([O-])c1ccccc1C1=c2cc3c4c(c2Oc2c1cc1c5c2CCCN5CCC1)CCC[N+]=4CCC3.O=S(=O)([O-])c1ccccc1C1=c2cc3c4c(c2Oc2c1cc1c5c2CCCN5CCC1)CCC[N+]=4CCC3.[CH3-].c1ccc(C2=c3cc4c5c(c3Oc3c2cc2c6c3CCCN6CCC2)CCC[N+]=5CCC4)cc1. The molecule has 136 heavy (non-hydrogen) atoms. The highest BCUT2D eigenvalue weighted by molar-refractivity contribution is 7.86. The minimum absolute atomic E-state index is 0. The molecule has 0 atom stereocenters. The Bertz CT molecular complexity index is 7820. The van der Waals surface area contributed by atoms with Gasteiger partial charge in [0.05, 0.1) is 37.4 Å². The van der Waals surface area contributed by atoms with E-state index in [0.717, 1.165) is 257 Å². The molecule has 0 amide bonds. The molecular weight excluding hydrogens is 1740 g/mol.